The standard InChI is InChI=1S/C21H25ClFN5O2/c1-12-8-17(29)19-18(12)20(26-11-25-19)27-4-6-28(7-5-27)21(30)14(10-24)13-2-3-15(22)16(23)9-13/h2-3,9,11-12,14,17,29H,4-8,10,24H2,1H3/t12?,14-,17-/m1/s1. The molecule has 1 aromatic carbocycles. The molecule has 4 rings (SSSR count). The van der Waals surface area contributed by atoms with Crippen molar-refractivity contribution in [2.45, 2.75) is 31.3 Å². The van der Waals surface area contributed by atoms with E-state index in [0.717, 1.165) is 11.4 Å². The zero-order valence-electron chi connectivity index (χ0n) is 16.8. The lowest BCUT2D eigenvalue weighted by Gasteiger charge is -2.37. The van der Waals surface area contributed by atoms with E-state index in [9.17, 15) is 14.3 Å². The number of benzene rings is 1. The van der Waals surface area contributed by atoms with Crippen LogP contribution in [0.4, 0.5) is 10.2 Å². The molecule has 9 heteroatoms. The average molecular weight is 434 g/mol. The Bertz CT molecular complexity index is 951. The van der Waals surface area contributed by atoms with Crippen molar-refractivity contribution in [2.75, 3.05) is 37.6 Å². The van der Waals surface area contributed by atoms with Crippen molar-refractivity contribution in [2.24, 2.45) is 5.73 Å². The number of hydrogen-bond donors (Lipinski definition) is 2. The second-order valence-electron chi connectivity index (χ2n) is 7.92. The highest BCUT2D eigenvalue weighted by atomic mass is 35.5. The van der Waals surface area contributed by atoms with E-state index in [1.807, 2.05) is 0 Å². The number of aliphatic hydroxyl groups excluding tert-OH is 1. The smallest absolute Gasteiger partial charge is 0.231 e. The lowest BCUT2D eigenvalue weighted by molar-refractivity contribution is -0.132. The topological polar surface area (TPSA) is 95.6 Å². The van der Waals surface area contributed by atoms with Crippen molar-refractivity contribution in [3.63, 3.8) is 0 Å². The number of fused-ring (bicyclic) bond motifs is 1. The molecule has 3 atom stereocenters. The summed E-state index contributed by atoms with van der Waals surface area (Å²) in [6.45, 7) is 4.42. The summed E-state index contributed by atoms with van der Waals surface area (Å²) in [5.41, 5.74) is 8.09. The largest absolute Gasteiger partial charge is 0.387 e. The molecule has 1 amide bonds. The molecule has 0 bridgehead atoms. The van der Waals surface area contributed by atoms with Crippen LogP contribution in [0.3, 0.4) is 0 Å². The van der Waals surface area contributed by atoms with Gasteiger partial charge in [-0.2, -0.15) is 0 Å². The summed E-state index contributed by atoms with van der Waals surface area (Å²) in [4.78, 5) is 25.7. The van der Waals surface area contributed by atoms with Gasteiger partial charge in [-0.1, -0.05) is 24.6 Å². The van der Waals surface area contributed by atoms with Gasteiger partial charge in [-0.3, -0.25) is 4.79 Å². The first-order valence-corrected chi connectivity index (χ1v) is 10.5. The van der Waals surface area contributed by atoms with Crippen molar-refractivity contribution >= 4 is 23.3 Å². The fourth-order valence-electron chi connectivity index (χ4n) is 4.42. The maximum absolute atomic E-state index is 13.9. The number of anilines is 1. The van der Waals surface area contributed by atoms with Crippen LogP contribution in [0.15, 0.2) is 24.5 Å². The summed E-state index contributed by atoms with van der Waals surface area (Å²) < 4.78 is 13.9. The number of carbonyl (C=O) groups excluding carboxylic acids is 1. The monoisotopic (exact) mass is 433 g/mol. The van der Waals surface area contributed by atoms with Crippen molar-refractivity contribution in [1.29, 1.82) is 0 Å². The Kier molecular flexibility index (Phi) is 5.90. The molecule has 0 spiro atoms. The molecule has 1 aliphatic heterocycles. The van der Waals surface area contributed by atoms with Gasteiger partial charge in [-0.15, -0.1) is 0 Å². The molecule has 1 aliphatic carbocycles. The molecule has 1 saturated heterocycles. The zero-order valence-corrected chi connectivity index (χ0v) is 17.5. The van der Waals surface area contributed by atoms with Crippen LogP contribution in [0.5, 0.6) is 0 Å². The fourth-order valence-corrected chi connectivity index (χ4v) is 4.54. The van der Waals surface area contributed by atoms with E-state index in [-0.39, 0.29) is 23.4 Å². The summed E-state index contributed by atoms with van der Waals surface area (Å²) in [5, 5.41) is 10.2. The third-order valence-corrected chi connectivity index (χ3v) is 6.36. The Hall–Kier alpha value is -2.29. The Balaban J connectivity index is 1.47. The van der Waals surface area contributed by atoms with E-state index in [4.69, 9.17) is 17.3 Å². The minimum Gasteiger partial charge on any atom is -0.387 e. The lowest BCUT2D eigenvalue weighted by atomic mass is 9.97. The SMILES string of the molecule is CC1C[C@@H](O)c2ncnc(N3CCN(C(=O)[C@H](CN)c4ccc(Cl)c(F)c4)CC3)c21. The first kappa shape index (κ1) is 21.0. The van der Waals surface area contributed by atoms with Crippen LogP contribution >= 0.6 is 11.6 Å². The van der Waals surface area contributed by atoms with E-state index < -0.39 is 17.8 Å². The van der Waals surface area contributed by atoms with Gasteiger partial charge >= 0.3 is 0 Å². The van der Waals surface area contributed by atoms with Crippen LogP contribution in [0.25, 0.3) is 0 Å². The van der Waals surface area contributed by atoms with E-state index in [1.54, 1.807) is 11.0 Å². The number of rotatable bonds is 4. The molecule has 0 radical (unpaired) electrons. The first-order valence-electron chi connectivity index (χ1n) is 10.1. The Morgan fingerprint density at radius 2 is 2.07 bits per heavy atom. The van der Waals surface area contributed by atoms with Crippen LogP contribution in [-0.2, 0) is 4.79 Å². The molecule has 1 aromatic heterocycles. The van der Waals surface area contributed by atoms with Crippen molar-refractivity contribution in [3.05, 3.63) is 52.2 Å². The molecular formula is C21H25ClFN5O2. The van der Waals surface area contributed by atoms with Crippen LogP contribution in [0, 0.1) is 5.82 Å². The minimum atomic E-state index is -0.609. The second-order valence-corrected chi connectivity index (χ2v) is 8.33. The minimum absolute atomic E-state index is 0.0207. The van der Waals surface area contributed by atoms with E-state index >= 15 is 0 Å². The van der Waals surface area contributed by atoms with E-state index in [2.05, 4.69) is 21.8 Å². The van der Waals surface area contributed by atoms with E-state index in [1.165, 1.54) is 18.5 Å². The van der Waals surface area contributed by atoms with Gasteiger partial charge in [0.2, 0.25) is 5.91 Å². The highest BCUT2D eigenvalue weighted by Crippen LogP contribution is 2.42. The van der Waals surface area contributed by atoms with Crippen LogP contribution < -0.4 is 10.6 Å². The summed E-state index contributed by atoms with van der Waals surface area (Å²) in [6, 6.07) is 4.38. The Morgan fingerprint density at radius 3 is 2.73 bits per heavy atom. The van der Waals surface area contributed by atoms with Gasteiger partial charge in [0.05, 0.1) is 22.7 Å². The van der Waals surface area contributed by atoms with Gasteiger partial charge in [0.1, 0.15) is 18.0 Å². The number of halogens is 2. The average Bonchev–Trinajstić information content (AvgIpc) is 3.05. The van der Waals surface area contributed by atoms with Gasteiger partial charge in [-0.25, -0.2) is 14.4 Å². The molecule has 1 unspecified atom stereocenters. The summed E-state index contributed by atoms with van der Waals surface area (Å²) >= 11 is 5.76. The number of amides is 1. The number of piperazine rings is 1. The quantitative estimate of drug-likeness (QED) is 0.767. The molecule has 1 fully saturated rings. The van der Waals surface area contributed by atoms with Crippen LogP contribution in [0.2, 0.25) is 5.02 Å². The molecule has 30 heavy (non-hydrogen) atoms. The molecular weight excluding hydrogens is 409 g/mol. The fraction of sp³-hybridized carbons (Fsp3) is 0.476. The summed E-state index contributed by atoms with van der Waals surface area (Å²) in [5.74, 6) is -0.255. The predicted molar refractivity (Wildman–Crippen MR) is 112 cm³/mol. The van der Waals surface area contributed by atoms with Crippen LogP contribution in [0.1, 0.15) is 48.1 Å². The van der Waals surface area contributed by atoms with Gasteiger partial charge in [-0.05, 0) is 30.0 Å². The zero-order chi connectivity index (χ0) is 21.4. The Labute approximate surface area is 179 Å². The predicted octanol–water partition coefficient (Wildman–Crippen LogP) is 2.20. The van der Waals surface area contributed by atoms with Gasteiger partial charge < -0.3 is 20.6 Å². The number of nitrogens with two attached hydrogens (primary N) is 1. The first-order chi connectivity index (χ1) is 14.4. The van der Waals surface area contributed by atoms with E-state index in [0.29, 0.717) is 43.9 Å². The summed E-state index contributed by atoms with van der Waals surface area (Å²) in [6.07, 6.45) is 1.59. The third-order valence-electron chi connectivity index (χ3n) is 6.05. The molecule has 2 heterocycles. The maximum atomic E-state index is 13.9. The maximum Gasteiger partial charge on any atom is 0.231 e. The molecule has 2 aliphatic rings. The van der Waals surface area contributed by atoms with Crippen molar-refractivity contribution < 1.29 is 14.3 Å². The molecule has 160 valence electrons. The lowest BCUT2D eigenvalue weighted by Crippen LogP contribution is -2.51. The summed E-state index contributed by atoms with van der Waals surface area (Å²) in [7, 11) is 0. The number of aromatic nitrogens is 2. The van der Waals surface area contributed by atoms with Crippen molar-refractivity contribution in [3.8, 4) is 0 Å². The van der Waals surface area contributed by atoms with Crippen LogP contribution in [-0.4, -0.2) is 58.6 Å². The molecule has 0 saturated carbocycles. The molecule has 2 aromatic rings. The number of nitrogens with zero attached hydrogens (tertiary/aromatic N) is 4. The number of hydrogen-bond acceptors (Lipinski definition) is 6. The van der Waals surface area contributed by atoms with Gasteiger partial charge in [0.25, 0.3) is 0 Å². The highest BCUT2D eigenvalue weighted by molar-refractivity contribution is 6.30. The van der Waals surface area contributed by atoms with Crippen molar-refractivity contribution in [1.82, 2.24) is 14.9 Å². The Morgan fingerprint density at radius 1 is 1.33 bits per heavy atom. The second kappa shape index (κ2) is 8.45. The number of carbonyl (C=O) groups is 1. The third kappa shape index (κ3) is 3.75. The molecule has 7 nitrogen and oxygen atoms in total. The van der Waals surface area contributed by atoms with Gasteiger partial charge in [0.15, 0.2) is 0 Å². The van der Waals surface area contributed by atoms with Gasteiger partial charge in [0, 0.05) is 38.3 Å². The number of aliphatic hydroxyl groups is 1. The molecule has 3 N–H and O–H groups in total. The highest BCUT2D eigenvalue weighted by Gasteiger charge is 2.34. The normalized spacial score (nSPS) is 22.2.